The van der Waals surface area contributed by atoms with Crippen LogP contribution in [-0.4, -0.2) is 25.1 Å². The molecule has 1 rings (SSSR count). The van der Waals surface area contributed by atoms with Gasteiger partial charge < -0.3 is 4.74 Å². The standard InChI is InChI=1S/C11H11FO3S/c1-15-11(14)5-6-16-10-4-2-3-9(12)8(10)7-13/h2-4,7H,5-6H2,1H3. The van der Waals surface area contributed by atoms with Crippen LogP contribution in [0.1, 0.15) is 16.8 Å². The molecule has 0 bridgehead atoms. The maximum absolute atomic E-state index is 13.2. The first-order valence-electron chi connectivity index (χ1n) is 4.62. The Bertz CT molecular complexity index is 393. The van der Waals surface area contributed by atoms with Crippen LogP contribution in [0.2, 0.25) is 0 Å². The lowest BCUT2D eigenvalue weighted by Gasteiger charge is -2.04. The van der Waals surface area contributed by atoms with Crippen molar-refractivity contribution in [3.63, 3.8) is 0 Å². The van der Waals surface area contributed by atoms with Crippen molar-refractivity contribution in [2.45, 2.75) is 11.3 Å². The molecule has 0 atom stereocenters. The molecular weight excluding hydrogens is 231 g/mol. The summed E-state index contributed by atoms with van der Waals surface area (Å²) >= 11 is 1.26. The summed E-state index contributed by atoms with van der Waals surface area (Å²) in [5.41, 5.74) is 0.0392. The zero-order valence-electron chi connectivity index (χ0n) is 8.73. The maximum Gasteiger partial charge on any atom is 0.306 e. The molecule has 0 amide bonds. The van der Waals surface area contributed by atoms with E-state index in [1.54, 1.807) is 6.07 Å². The highest BCUT2D eigenvalue weighted by atomic mass is 32.2. The van der Waals surface area contributed by atoms with E-state index in [1.165, 1.54) is 31.0 Å². The third kappa shape index (κ3) is 3.34. The Balaban J connectivity index is 2.63. The Kier molecular flexibility index (Phi) is 4.98. The molecule has 0 aliphatic rings. The van der Waals surface area contributed by atoms with E-state index >= 15 is 0 Å². The van der Waals surface area contributed by atoms with Gasteiger partial charge in [0.25, 0.3) is 0 Å². The Labute approximate surface area is 97.0 Å². The second-order valence-corrected chi connectivity index (χ2v) is 4.08. The average molecular weight is 242 g/mol. The van der Waals surface area contributed by atoms with Crippen molar-refractivity contribution in [3.8, 4) is 0 Å². The first-order chi connectivity index (χ1) is 7.69. The molecule has 86 valence electrons. The van der Waals surface area contributed by atoms with Gasteiger partial charge in [-0.25, -0.2) is 4.39 Å². The lowest BCUT2D eigenvalue weighted by atomic mass is 10.2. The molecule has 0 aliphatic carbocycles. The second kappa shape index (κ2) is 6.27. The molecule has 0 aliphatic heterocycles. The number of halogens is 1. The number of aldehydes is 1. The largest absolute Gasteiger partial charge is 0.469 e. The predicted octanol–water partition coefficient (Wildman–Crippen LogP) is 2.29. The molecule has 16 heavy (non-hydrogen) atoms. The first-order valence-corrected chi connectivity index (χ1v) is 5.61. The second-order valence-electron chi connectivity index (χ2n) is 2.94. The lowest BCUT2D eigenvalue weighted by molar-refractivity contribution is -0.140. The highest BCUT2D eigenvalue weighted by Crippen LogP contribution is 2.24. The molecule has 0 radical (unpaired) electrons. The summed E-state index contributed by atoms with van der Waals surface area (Å²) in [5.74, 6) is -0.411. The zero-order valence-corrected chi connectivity index (χ0v) is 9.55. The van der Waals surface area contributed by atoms with Gasteiger partial charge in [0.2, 0.25) is 0 Å². The van der Waals surface area contributed by atoms with E-state index in [-0.39, 0.29) is 18.0 Å². The minimum atomic E-state index is -0.543. The van der Waals surface area contributed by atoms with E-state index in [1.807, 2.05) is 0 Å². The number of thioether (sulfide) groups is 1. The van der Waals surface area contributed by atoms with Crippen molar-refractivity contribution in [3.05, 3.63) is 29.6 Å². The Morgan fingerprint density at radius 3 is 2.94 bits per heavy atom. The molecule has 1 aromatic carbocycles. The summed E-state index contributed by atoms with van der Waals surface area (Å²) in [4.78, 5) is 22.0. The van der Waals surface area contributed by atoms with Crippen LogP contribution >= 0.6 is 11.8 Å². The van der Waals surface area contributed by atoms with Crippen LogP contribution in [0, 0.1) is 5.82 Å². The Hall–Kier alpha value is -1.36. The van der Waals surface area contributed by atoms with Gasteiger partial charge >= 0.3 is 5.97 Å². The van der Waals surface area contributed by atoms with Crippen LogP contribution in [0.25, 0.3) is 0 Å². The highest BCUT2D eigenvalue weighted by molar-refractivity contribution is 7.99. The van der Waals surface area contributed by atoms with Crippen molar-refractivity contribution in [2.24, 2.45) is 0 Å². The normalized spacial score (nSPS) is 9.88. The molecule has 0 unspecified atom stereocenters. The highest BCUT2D eigenvalue weighted by Gasteiger charge is 2.08. The van der Waals surface area contributed by atoms with E-state index in [0.717, 1.165) is 0 Å². The summed E-state index contributed by atoms with van der Waals surface area (Å²) in [6.45, 7) is 0. The summed E-state index contributed by atoms with van der Waals surface area (Å²) in [6, 6.07) is 4.41. The molecule has 0 aromatic heterocycles. The van der Waals surface area contributed by atoms with Gasteiger partial charge in [0.1, 0.15) is 5.82 Å². The molecule has 0 saturated carbocycles. The van der Waals surface area contributed by atoms with Gasteiger partial charge in [-0.3, -0.25) is 9.59 Å². The minimum Gasteiger partial charge on any atom is -0.469 e. The van der Waals surface area contributed by atoms with Gasteiger partial charge in [0, 0.05) is 10.6 Å². The summed E-state index contributed by atoms with van der Waals surface area (Å²) < 4.78 is 17.6. The van der Waals surface area contributed by atoms with Gasteiger partial charge in [-0.15, -0.1) is 11.8 Å². The van der Waals surface area contributed by atoms with Crippen LogP contribution < -0.4 is 0 Å². The number of benzene rings is 1. The van der Waals surface area contributed by atoms with Gasteiger partial charge in [0.05, 0.1) is 19.1 Å². The quantitative estimate of drug-likeness (QED) is 0.451. The first kappa shape index (κ1) is 12.7. The van der Waals surface area contributed by atoms with Crippen molar-refractivity contribution >= 4 is 24.0 Å². The smallest absolute Gasteiger partial charge is 0.306 e. The maximum atomic E-state index is 13.2. The fourth-order valence-corrected chi connectivity index (χ4v) is 2.07. The Morgan fingerprint density at radius 2 is 2.31 bits per heavy atom. The van der Waals surface area contributed by atoms with Crippen molar-refractivity contribution in [1.29, 1.82) is 0 Å². The van der Waals surface area contributed by atoms with Crippen molar-refractivity contribution in [2.75, 3.05) is 12.9 Å². The number of carbonyl (C=O) groups is 2. The summed E-state index contributed by atoms with van der Waals surface area (Å²) in [6.07, 6.45) is 0.714. The van der Waals surface area contributed by atoms with Crippen LogP contribution in [0.5, 0.6) is 0 Å². The molecule has 0 N–H and O–H groups in total. The van der Waals surface area contributed by atoms with E-state index in [2.05, 4.69) is 4.74 Å². The predicted molar refractivity (Wildman–Crippen MR) is 59.1 cm³/mol. The van der Waals surface area contributed by atoms with E-state index < -0.39 is 5.82 Å². The van der Waals surface area contributed by atoms with Gasteiger partial charge in [-0.2, -0.15) is 0 Å². The van der Waals surface area contributed by atoms with Gasteiger partial charge in [-0.05, 0) is 12.1 Å². The molecule has 1 aromatic rings. The van der Waals surface area contributed by atoms with Gasteiger partial charge in [-0.1, -0.05) is 6.07 Å². The summed E-state index contributed by atoms with van der Waals surface area (Å²) in [5, 5.41) is 0. The monoisotopic (exact) mass is 242 g/mol. The van der Waals surface area contributed by atoms with Crippen LogP contribution in [0.4, 0.5) is 4.39 Å². The molecule has 3 nitrogen and oxygen atoms in total. The lowest BCUT2D eigenvalue weighted by Crippen LogP contribution is -2.01. The fraction of sp³-hybridized carbons (Fsp3) is 0.273. The van der Waals surface area contributed by atoms with Crippen LogP contribution in [0.15, 0.2) is 23.1 Å². The zero-order chi connectivity index (χ0) is 12.0. The average Bonchev–Trinajstić information content (AvgIpc) is 2.29. The summed E-state index contributed by atoms with van der Waals surface area (Å²) in [7, 11) is 1.31. The number of hydrogen-bond acceptors (Lipinski definition) is 4. The third-order valence-corrected chi connectivity index (χ3v) is 3.00. The molecule has 5 heteroatoms. The van der Waals surface area contributed by atoms with E-state index in [0.29, 0.717) is 16.9 Å². The molecule has 0 heterocycles. The van der Waals surface area contributed by atoms with Gasteiger partial charge in [0.15, 0.2) is 6.29 Å². The fourth-order valence-electron chi connectivity index (χ4n) is 1.10. The number of hydrogen-bond donors (Lipinski definition) is 0. The van der Waals surface area contributed by atoms with E-state index in [9.17, 15) is 14.0 Å². The number of rotatable bonds is 5. The Morgan fingerprint density at radius 1 is 1.56 bits per heavy atom. The number of methoxy groups -OCH3 is 1. The number of esters is 1. The molecule has 0 fully saturated rings. The SMILES string of the molecule is COC(=O)CCSc1cccc(F)c1C=O. The third-order valence-electron chi connectivity index (χ3n) is 1.92. The van der Waals surface area contributed by atoms with Crippen molar-refractivity contribution in [1.82, 2.24) is 0 Å². The molecule has 0 saturated heterocycles. The van der Waals surface area contributed by atoms with Crippen LogP contribution in [0.3, 0.4) is 0 Å². The topological polar surface area (TPSA) is 43.4 Å². The van der Waals surface area contributed by atoms with Crippen LogP contribution in [-0.2, 0) is 9.53 Å². The van der Waals surface area contributed by atoms with Crippen molar-refractivity contribution < 1.29 is 18.7 Å². The minimum absolute atomic E-state index is 0.0392. The molecular formula is C11H11FO3S. The number of ether oxygens (including phenoxy) is 1. The molecule has 0 spiro atoms. The number of carbonyl (C=O) groups excluding carboxylic acids is 2. The van der Waals surface area contributed by atoms with E-state index in [4.69, 9.17) is 0 Å².